The number of carbonyl (C=O) groups is 1. The average Bonchev–Trinajstić information content (AvgIpc) is 2.59. The molecule has 1 amide bonds. The van der Waals surface area contributed by atoms with Crippen molar-refractivity contribution in [3.8, 4) is 5.75 Å². The topological polar surface area (TPSA) is 151 Å². The quantitative estimate of drug-likeness (QED) is 0.576. The summed E-state index contributed by atoms with van der Waals surface area (Å²) in [5.74, 6) is -0.393. The van der Waals surface area contributed by atoms with Crippen molar-refractivity contribution in [1.82, 2.24) is 0 Å². The molecule has 10 nitrogen and oxygen atoms in total. The number of methoxy groups -OCH3 is 1. The van der Waals surface area contributed by atoms with Crippen molar-refractivity contribution in [3.63, 3.8) is 0 Å². The van der Waals surface area contributed by atoms with E-state index in [1.807, 2.05) is 0 Å². The van der Waals surface area contributed by atoms with Gasteiger partial charge in [-0.05, 0) is 23.8 Å². The third-order valence-corrected chi connectivity index (χ3v) is 3.41. The lowest BCUT2D eigenvalue weighted by Crippen LogP contribution is -2.15. The van der Waals surface area contributed by atoms with Crippen LogP contribution in [0.5, 0.6) is 5.75 Å². The van der Waals surface area contributed by atoms with Gasteiger partial charge in [0, 0.05) is 6.54 Å². The standard InChI is InChI=1S/C15H14N4O6/c1-25-10-4-2-9(3-5-10)8-17-12-6-11(15(16)20)13(18(21)22)7-14(12)19(23)24/h2-7,17H,8H2,1H3,(H2,16,20). The largest absolute Gasteiger partial charge is 0.497 e. The fraction of sp³-hybridized carbons (Fsp3) is 0.133. The molecule has 0 bridgehead atoms. The lowest BCUT2D eigenvalue weighted by Gasteiger charge is -2.09. The number of ether oxygens (including phenoxy) is 1. The molecule has 2 aromatic carbocycles. The third-order valence-electron chi connectivity index (χ3n) is 3.41. The van der Waals surface area contributed by atoms with Gasteiger partial charge in [-0.25, -0.2) is 0 Å². The van der Waals surface area contributed by atoms with E-state index in [1.54, 1.807) is 24.3 Å². The lowest BCUT2D eigenvalue weighted by molar-refractivity contribution is -0.393. The van der Waals surface area contributed by atoms with Gasteiger partial charge in [-0.2, -0.15) is 0 Å². The Hall–Kier alpha value is -3.69. The van der Waals surface area contributed by atoms with E-state index in [0.29, 0.717) is 5.75 Å². The first-order chi connectivity index (χ1) is 11.8. The zero-order chi connectivity index (χ0) is 18.6. The normalized spacial score (nSPS) is 10.1. The van der Waals surface area contributed by atoms with E-state index < -0.39 is 32.7 Å². The summed E-state index contributed by atoms with van der Waals surface area (Å²) in [6.45, 7) is 0.195. The molecule has 0 heterocycles. The van der Waals surface area contributed by atoms with Gasteiger partial charge < -0.3 is 15.8 Å². The minimum atomic E-state index is -1.05. The Morgan fingerprint density at radius 1 is 1.12 bits per heavy atom. The van der Waals surface area contributed by atoms with Crippen molar-refractivity contribution in [2.45, 2.75) is 6.54 Å². The van der Waals surface area contributed by atoms with Crippen LogP contribution < -0.4 is 15.8 Å². The molecule has 0 aliphatic carbocycles. The summed E-state index contributed by atoms with van der Waals surface area (Å²) in [5.41, 5.74) is 4.23. The Balaban J connectivity index is 2.37. The zero-order valence-corrected chi connectivity index (χ0v) is 13.1. The molecule has 0 spiro atoms. The molecule has 0 aliphatic rings. The number of amides is 1. The van der Waals surface area contributed by atoms with Crippen LogP contribution in [0.3, 0.4) is 0 Å². The summed E-state index contributed by atoms with van der Waals surface area (Å²) < 4.78 is 5.04. The number of hydrogen-bond donors (Lipinski definition) is 2. The van der Waals surface area contributed by atoms with Gasteiger partial charge in [0.05, 0.1) is 23.0 Å². The molecule has 2 aromatic rings. The smallest absolute Gasteiger partial charge is 0.299 e. The third kappa shape index (κ3) is 3.99. The Labute approximate surface area is 141 Å². The monoisotopic (exact) mass is 346 g/mol. The fourth-order valence-electron chi connectivity index (χ4n) is 2.16. The van der Waals surface area contributed by atoms with E-state index in [4.69, 9.17) is 10.5 Å². The van der Waals surface area contributed by atoms with E-state index in [9.17, 15) is 25.0 Å². The van der Waals surface area contributed by atoms with Crippen LogP contribution in [0, 0.1) is 20.2 Å². The molecule has 0 fully saturated rings. The summed E-state index contributed by atoms with van der Waals surface area (Å²) in [4.78, 5) is 31.9. The second-order valence-corrected chi connectivity index (χ2v) is 4.97. The minimum Gasteiger partial charge on any atom is -0.497 e. The summed E-state index contributed by atoms with van der Waals surface area (Å²) in [5, 5.41) is 25.0. The predicted molar refractivity (Wildman–Crippen MR) is 88.6 cm³/mol. The summed E-state index contributed by atoms with van der Waals surface area (Å²) in [6.07, 6.45) is 0. The van der Waals surface area contributed by atoms with Gasteiger partial charge in [-0.3, -0.25) is 25.0 Å². The number of primary amides is 1. The first kappa shape index (κ1) is 17.7. The number of nitrogens with one attached hydrogen (secondary N) is 1. The number of carbonyl (C=O) groups excluding carboxylic acids is 1. The Morgan fingerprint density at radius 3 is 2.20 bits per heavy atom. The van der Waals surface area contributed by atoms with Crippen molar-refractivity contribution in [2.24, 2.45) is 5.73 Å². The number of nitrogens with zero attached hydrogens (tertiary/aromatic N) is 2. The maximum absolute atomic E-state index is 11.4. The second-order valence-electron chi connectivity index (χ2n) is 4.97. The molecule has 0 atom stereocenters. The highest BCUT2D eigenvalue weighted by Gasteiger charge is 2.26. The number of rotatable bonds is 7. The molecule has 0 aromatic heterocycles. The van der Waals surface area contributed by atoms with Crippen LogP contribution in [0.15, 0.2) is 36.4 Å². The zero-order valence-electron chi connectivity index (χ0n) is 13.1. The maximum Gasteiger partial charge on any atom is 0.299 e. The highest BCUT2D eigenvalue weighted by Crippen LogP contribution is 2.33. The SMILES string of the molecule is COc1ccc(CNc2cc(C(N)=O)c([N+](=O)[O-])cc2[N+](=O)[O-])cc1. The lowest BCUT2D eigenvalue weighted by atomic mass is 10.1. The molecule has 10 heteroatoms. The molecular formula is C15H14N4O6. The number of benzene rings is 2. The number of nitrogens with two attached hydrogens (primary N) is 1. The van der Waals surface area contributed by atoms with E-state index in [2.05, 4.69) is 5.32 Å². The Morgan fingerprint density at radius 2 is 1.72 bits per heavy atom. The number of anilines is 1. The van der Waals surface area contributed by atoms with Crippen LogP contribution in [0.25, 0.3) is 0 Å². The van der Waals surface area contributed by atoms with Crippen LogP contribution >= 0.6 is 0 Å². The van der Waals surface area contributed by atoms with Gasteiger partial charge in [0.1, 0.15) is 17.0 Å². The van der Waals surface area contributed by atoms with E-state index in [0.717, 1.165) is 17.7 Å². The average molecular weight is 346 g/mol. The molecule has 2 rings (SSSR count). The number of hydrogen-bond acceptors (Lipinski definition) is 7. The van der Waals surface area contributed by atoms with Gasteiger partial charge in [0.15, 0.2) is 0 Å². The molecule has 25 heavy (non-hydrogen) atoms. The van der Waals surface area contributed by atoms with Crippen molar-refractivity contribution in [2.75, 3.05) is 12.4 Å². The fourth-order valence-corrected chi connectivity index (χ4v) is 2.16. The summed E-state index contributed by atoms with van der Waals surface area (Å²) in [7, 11) is 1.53. The predicted octanol–water partition coefficient (Wildman–Crippen LogP) is 2.22. The Bertz CT molecular complexity index is 835. The van der Waals surface area contributed by atoms with Crippen molar-refractivity contribution in [3.05, 3.63) is 67.8 Å². The molecule has 130 valence electrons. The van der Waals surface area contributed by atoms with E-state index in [1.165, 1.54) is 7.11 Å². The number of nitro groups is 2. The van der Waals surface area contributed by atoms with Crippen LogP contribution in [-0.2, 0) is 6.54 Å². The molecular weight excluding hydrogens is 332 g/mol. The molecule has 0 unspecified atom stereocenters. The second kappa shape index (κ2) is 7.25. The van der Waals surface area contributed by atoms with Crippen molar-refractivity contribution in [1.29, 1.82) is 0 Å². The van der Waals surface area contributed by atoms with E-state index >= 15 is 0 Å². The molecule has 3 N–H and O–H groups in total. The van der Waals surface area contributed by atoms with Gasteiger partial charge >= 0.3 is 0 Å². The van der Waals surface area contributed by atoms with Crippen LogP contribution in [0.4, 0.5) is 17.1 Å². The highest BCUT2D eigenvalue weighted by molar-refractivity contribution is 5.99. The number of nitro benzene ring substituents is 2. The van der Waals surface area contributed by atoms with E-state index in [-0.39, 0.29) is 12.2 Å². The minimum absolute atomic E-state index is 0.0415. The molecule has 0 saturated heterocycles. The van der Waals surface area contributed by atoms with Gasteiger partial charge in [-0.1, -0.05) is 12.1 Å². The highest BCUT2D eigenvalue weighted by atomic mass is 16.6. The van der Waals surface area contributed by atoms with Gasteiger partial charge in [0.2, 0.25) is 0 Å². The van der Waals surface area contributed by atoms with Crippen LogP contribution in [0.2, 0.25) is 0 Å². The van der Waals surface area contributed by atoms with Crippen molar-refractivity contribution < 1.29 is 19.4 Å². The molecule has 0 radical (unpaired) electrons. The Kier molecular flexibility index (Phi) is 5.12. The first-order valence-electron chi connectivity index (χ1n) is 6.97. The molecule has 0 saturated carbocycles. The molecule has 0 aliphatic heterocycles. The van der Waals surface area contributed by atoms with Crippen molar-refractivity contribution >= 4 is 23.0 Å². The van der Waals surface area contributed by atoms with Crippen LogP contribution in [-0.4, -0.2) is 22.9 Å². The van der Waals surface area contributed by atoms with Gasteiger partial charge in [0.25, 0.3) is 17.3 Å². The summed E-state index contributed by atoms with van der Waals surface area (Å²) >= 11 is 0. The maximum atomic E-state index is 11.4. The van der Waals surface area contributed by atoms with Crippen LogP contribution in [0.1, 0.15) is 15.9 Å². The first-order valence-corrected chi connectivity index (χ1v) is 6.97. The van der Waals surface area contributed by atoms with Gasteiger partial charge in [-0.15, -0.1) is 0 Å². The summed E-state index contributed by atoms with van der Waals surface area (Å²) in [6, 6.07) is 8.67.